The quantitative estimate of drug-likeness (QED) is 0.565. The number of fused-ring (bicyclic) bond motifs is 1. The minimum atomic E-state index is -0.135. The van der Waals surface area contributed by atoms with Crippen LogP contribution in [-0.2, 0) is 4.79 Å². The molecule has 6 nitrogen and oxygen atoms in total. The number of hydrogen-bond acceptors (Lipinski definition) is 5. The molecule has 2 aliphatic rings. The number of rotatable bonds is 4. The molecule has 1 N–H and O–H groups in total. The number of amides is 1. The molecule has 1 amide bonds. The Bertz CT molecular complexity index is 1250. The van der Waals surface area contributed by atoms with E-state index in [2.05, 4.69) is 54.9 Å². The average Bonchev–Trinajstić information content (AvgIpc) is 3.21. The van der Waals surface area contributed by atoms with Gasteiger partial charge in [-0.3, -0.25) is 9.79 Å². The van der Waals surface area contributed by atoms with Gasteiger partial charge >= 0.3 is 0 Å². The van der Waals surface area contributed by atoms with Gasteiger partial charge in [0, 0.05) is 22.7 Å². The third-order valence-corrected chi connectivity index (χ3v) is 6.87. The first-order chi connectivity index (χ1) is 16.1. The van der Waals surface area contributed by atoms with Crippen molar-refractivity contribution in [2.45, 2.75) is 51.5 Å². The molecule has 5 rings (SSSR count). The fourth-order valence-corrected chi connectivity index (χ4v) is 5.36. The van der Waals surface area contributed by atoms with E-state index in [1.807, 2.05) is 22.9 Å². The summed E-state index contributed by atoms with van der Waals surface area (Å²) in [7, 11) is 0. The molecule has 2 heterocycles. The fraction of sp³-hybridized carbons (Fsp3) is 0.346. The van der Waals surface area contributed by atoms with Gasteiger partial charge in [-0.2, -0.15) is 5.10 Å². The van der Waals surface area contributed by atoms with Crippen molar-refractivity contribution in [2.24, 2.45) is 10.1 Å². The van der Waals surface area contributed by atoms with Crippen LogP contribution < -0.4 is 14.9 Å². The molecule has 1 fully saturated rings. The van der Waals surface area contributed by atoms with E-state index in [1.54, 1.807) is 11.3 Å². The molecule has 1 aromatic heterocycles. The van der Waals surface area contributed by atoms with E-state index in [-0.39, 0.29) is 18.6 Å². The minimum absolute atomic E-state index is 0.0554. The summed E-state index contributed by atoms with van der Waals surface area (Å²) in [6.07, 6.45) is 4.19. The molecule has 1 aliphatic heterocycles. The maximum Gasteiger partial charge on any atom is 0.262 e. The van der Waals surface area contributed by atoms with Crippen LogP contribution in [0, 0.1) is 0 Å². The Balaban J connectivity index is 1.47. The van der Waals surface area contributed by atoms with E-state index in [4.69, 9.17) is 14.8 Å². The lowest BCUT2D eigenvalue weighted by Crippen LogP contribution is -2.25. The highest BCUT2D eigenvalue weighted by molar-refractivity contribution is 7.07. The van der Waals surface area contributed by atoms with Crippen LogP contribution >= 0.6 is 11.3 Å². The van der Waals surface area contributed by atoms with E-state index in [0.717, 1.165) is 41.7 Å². The van der Waals surface area contributed by atoms with Crippen molar-refractivity contribution >= 4 is 28.6 Å². The van der Waals surface area contributed by atoms with Crippen molar-refractivity contribution < 1.29 is 9.53 Å². The highest BCUT2D eigenvalue weighted by atomic mass is 32.1. The smallest absolute Gasteiger partial charge is 0.262 e. The van der Waals surface area contributed by atoms with Gasteiger partial charge in [0.25, 0.3) is 5.91 Å². The van der Waals surface area contributed by atoms with Gasteiger partial charge in [0.05, 0.1) is 11.4 Å². The summed E-state index contributed by atoms with van der Waals surface area (Å²) in [6, 6.07) is 16.8. The zero-order valence-corrected chi connectivity index (χ0v) is 19.8. The lowest BCUT2D eigenvalue weighted by atomic mass is 9.83. The van der Waals surface area contributed by atoms with Crippen LogP contribution in [0.25, 0.3) is 11.3 Å². The summed E-state index contributed by atoms with van der Waals surface area (Å²) < 4.78 is 7.50. The van der Waals surface area contributed by atoms with E-state index in [0.29, 0.717) is 17.4 Å². The number of hydrogen-bond donors (Lipinski definition) is 1. The minimum Gasteiger partial charge on any atom is -0.482 e. The molecule has 0 spiro atoms. The lowest BCUT2D eigenvalue weighted by Gasteiger charge is -2.23. The second kappa shape index (κ2) is 9.35. The maximum absolute atomic E-state index is 11.8. The molecule has 170 valence electrons. The molecule has 7 heteroatoms. The number of carbonyl (C=O) groups excluding carboxylic acids is 1. The Labute approximate surface area is 197 Å². The maximum atomic E-state index is 11.8. The van der Waals surface area contributed by atoms with E-state index in [9.17, 15) is 4.79 Å². The Hall–Kier alpha value is -3.19. The van der Waals surface area contributed by atoms with Crippen molar-refractivity contribution in [1.82, 2.24) is 4.68 Å². The predicted molar refractivity (Wildman–Crippen MR) is 133 cm³/mol. The summed E-state index contributed by atoms with van der Waals surface area (Å²) >= 11 is 1.59. The fourth-order valence-electron chi connectivity index (χ4n) is 4.40. The Morgan fingerprint density at radius 3 is 2.67 bits per heavy atom. The Morgan fingerprint density at radius 2 is 1.91 bits per heavy atom. The standard InChI is InChI=1S/C26H28N4O2S/c1-17(2)27-26-30(29-21-11-8-19(9-12-21)18-6-4-3-5-7-18)23(16-33-26)20-10-13-24-22(14-20)28-25(31)15-32-24/h3-7,10,13-14,16-17,19H,8-9,11-12,15H2,1-2H3,(H,28,31). The van der Waals surface area contributed by atoms with Gasteiger partial charge in [-0.25, -0.2) is 4.68 Å². The zero-order chi connectivity index (χ0) is 22.8. The topological polar surface area (TPSA) is 68.0 Å². The van der Waals surface area contributed by atoms with Crippen LogP contribution in [0.5, 0.6) is 5.75 Å². The zero-order valence-electron chi connectivity index (χ0n) is 19.0. The first-order valence-electron chi connectivity index (χ1n) is 11.5. The molecule has 0 bridgehead atoms. The largest absolute Gasteiger partial charge is 0.482 e. The van der Waals surface area contributed by atoms with Crippen molar-refractivity contribution in [2.75, 3.05) is 11.9 Å². The number of nitrogens with zero attached hydrogens (tertiary/aromatic N) is 3. The molecule has 1 aliphatic carbocycles. The van der Waals surface area contributed by atoms with E-state index < -0.39 is 0 Å². The van der Waals surface area contributed by atoms with E-state index in [1.165, 1.54) is 11.3 Å². The van der Waals surface area contributed by atoms with Gasteiger partial charge in [0.15, 0.2) is 6.61 Å². The highest BCUT2D eigenvalue weighted by Gasteiger charge is 2.21. The van der Waals surface area contributed by atoms with Crippen molar-refractivity contribution in [1.29, 1.82) is 0 Å². The van der Waals surface area contributed by atoms with Crippen molar-refractivity contribution in [3.05, 3.63) is 64.3 Å². The van der Waals surface area contributed by atoms with Crippen LogP contribution in [-0.4, -0.2) is 28.9 Å². The number of benzene rings is 2. The monoisotopic (exact) mass is 460 g/mol. The Morgan fingerprint density at radius 1 is 1.12 bits per heavy atom. The SMILES string of the molecule is CC(C)N=c1scc(-c2ccc3c(c2)NC(=O)CO3)n1N=C1CCC(c2ccccc2)CC1. The number of aromatic nitrogens is 1. The number of anilines is 1. The second-order valence-electron chi connectivity index (χ2n) is 8.84. The first kappa shape index (κ1) is 21.6. The molecule has 3 aromatic rings. The molecule has 0 saturated heterocycles. The van der Waals surface area contributed by atoms with Gasteiger partial charge in [-0.15, -0.1) is 11.3 Å². The summed E-state index contributed by atoms with van der Waals surface area (Å²) in [5.74, 6) is 1.16. The van der Waals surface area contributed by atoms with Crippen molar-refractivity contribution in [3.63, 3.8) is 0 Å². The molecule has 0 atom stereocenters. The summed E-state index contributed by atoms with van der Waals surface area (Å²) in [5, 5.41) is 10.1. The highest BCUT2D eigenvalue weighted by Crippen LogP contribution is 2.34. The number of nitrogens with one attached hydrogen (secondary N) is 1. The van der Waals surface area contributed by atoms with Gasteiger partial charge < -0.3 is 10.1 Å². The average molecular weight is 461 g/mol. The summed E-state index contributed by atoms with van der Waals surface area (Å²) in [4.78, 5) is 17.5. The normalized spacial score (nSPS) is 18.6. The van der Waals surface area contributed by atoms with Crippen LogP contribution in [0.4, 0.5) is 5.69 Å². The Kier molecular flexibility index (Phi) is 6.13. The van der Waals surface area contributed by atoms with Gasteiger partial charge in [0.1, 0.15) is 5.75 Å². The molecule has 2 aromatic carbocycles. The van der Waals surface area contributed by atoms with Gasteiger partial charge in [-0.05, 0) is 69.2 Å². The van der Waals surface area contributed by atoms with Gasteiger partial charge in [0.2, 0.25) is 4.80 Å². The van der Waals surface area contributed by atoms with Crippen LogP contribution in [0.3, 0.4) is 0 Å². The van der Waals surface area contributed by atoms with E-state index >= 15 is 0 Å². The predicted octanol–water partition coefficient (Wildman–Crippen LogP) is 5.42. The third kappa shape index (κ3) is 4.78. The first-order valence-corrected chi connectivity index (χ1v) is 12.4. The molecular weight excluding hydrogens is 432 g/mol. The number of thiazole rings is 1. The summed E-state index contributed by atoms with van der Waals surface area (Å²) in [5.41, 5.74) is 5.28. The summed E-state index contributed by atoms with van der Waals surface area (Å²) in [6.45, 7) is 4.21. The van der Waals surface area contributed by atoms with Crippen LogP contribution in [0.15, 0.2) is 64.0 Å². The molecule has 33 heavy (non-hydrogen) atoms. The molecule has 0 unspecified atom stereocenters. The molecule has 0 radical (unpaired) electrons. The third-order valence-electron chi connectivity index (χ3n) is 6.04. The number of ether oxygens (including phenoxy) is 1. The van der Waals surface area contributed by atoms with Crippen LogP contribution in [0.2, 0.25) is 0 Å². The van der Waals surface area contributed by atoms with Crippen molar-refractivity contribution in [3.8, 4) is 17.0 Å². The second-order valence-corrected chi connectivity index (χ2v) is 9.67. The number of carbonyl (C=O) groups is 1. The molecule has 1 saturated carbocycles. The molecular formula is C26H28N4O2S. The van der Waals surface area contributed by atoms with Crippen LogP contribution in [0.1, 0.15) is 51.0 Å². The van der Waals surface area contributed by atoms with Gasteiger partial charge in [-0.1, -0.05) is 30.3 Å². The lowest BCUT2D eigenvalue weighted by molar-refractivity contribution is -0.118.